The maximum atomic E-state index is 12.5. The van der Waals surface area contributed by atoms with Gasteiger partial charge in [0.25, 0.3) is 0 Å². The highest BCUT2D eigenvalue weighted by Gasteiger charge is 2.28. The first-order valence-corrected chi connectivity index (χ1v) is 12.7. The van der Waals surface area contributed by atoms with Crippen LogP contribution in [0, 0.1) is 0 Å². The number of sulfonamides is 2. The van der Waals surface area contributed by atoms with Crippen molar-refractivity contribution in [3.63, 3.8) is 0 Å². The smallest absolute Gasteiger partial charge is 0.211 e. The molecule has 1 heterocycles. The third-order valence-corrected chi connectivity index (χ3v) is 9.19. The Hall–Kier alpha value is -0.780. The first kappa shape index (κ1) is 20.0. The molecule has 26 heavy (non-hydrogen) atoms. The van der Waals surface area contributed by atoms with Crippen molar-refractivity contribution < 1.29 is 16.8 Å². The highest BCUT2D eigenvalue weighted by atomic mass is 79.9. The van der Waals surface area contributed by atoms with Crippen LogP contribution in [0.5, 0.6) is 0 Å². The van der Waals surface area contributed by atoms with Crippen molar-refractivity contribution in [1.82, 2.24) is 9.44 Å². The van der Waals surface area contributed by atoms with Crippen LogP contribution < -0.4 is 9.44 Å². The van der Waals surface area contributed by atoms with E-state index in [1.54, 1.807) is 30.3 Å². The SMILES string of the molecule is CCCNS(=O)(=O)c1ccc2c(c1)CC(NS(=O)(=O)c1ccc(Br)s1)C2. The number of thiophene rings is 1. The van der Waals surface area contributed by atoms with Crippen molar-refractivity contribution in [3.05, 3.63) is 45.2 Å². The average molecular weight is 479 g/mol. The van der Waals surface area contributed by atoms with E-state index in [1.165, 1.54) is 0 Å². The topological polar surface area (TPSA) is 92.3 Å². The Balaban J connectivity index is 1.75. The van der Waals surface area contributed by atoms with E-state index in [0.717, 1.165) is 26.3 Å². The lowest BCUT2D eigenvalue weighted by atomic mass is 10.1. The molecule has 10 heteroatoms. The van der Waals surface area contributed by atoms with Gasteiger partial charge in [-0.3, -0.25) is 0 Å². The van der Waals surface area contributed by atoms with E-state index in [1.807, 2.05) is 6.92 Å². The summed E-state index contributed by atoms with van der Waals surface area (Å²) in [5, 5.41) is 0. The van der Waals surface area contributed by atoms with Gasteiger partial charge in [0.05, 0.1) is 8.68 Å². The van der Waals surface area contributed by atoms with Gasteiger partial charge in [-0.05, 0) is 70.6 Å². The number of halogens is 1. The van der Waals surface area contributed by atoms with E-state index < -0.39 is 20.0 Å². The van der Waals surface area contributed by atoms with Crippen LogP contribution in [0.15, 0.2) is 43.2 Å². The van der Waals surface area contributed by atoms with Crippen molar-refractivity contribution in [3.8, 4) is 0 Å². The Morgan fingerprint density at radius 3 is 2.46 bits per heavy atom. The Morgan fingerprint density at radius 2 is 1.81 bits per heavy atom. The average Bonchev–Trinajstić information content (AvgIpc) is 3.17. The summed E-state index contributed by atoms with van der Waals surface area (Å²) in [6, 6.07) is 7.96. The lowest BCUT2D eigenvalue weighted by molar-refractivity contribution is 0.557. The zero-order valence-corrected chi connectivity index (χ0v) is 18.1. The standard InChI is InChI=1S/C16H19BrN2O4S3/c1-2-7-18-25(20,21)14-4-3-11-8-13(9-12(11)10-14)19-26(22,23)16-6-5-15(17)24-16/h3-6,10,13,18-19H,2,7-9H2,1H3. The lowest BCUT2D eigenvalue weighted by Crippen LogP contribution is -2.34. The van der Waals surface area contributed by atoms with Crippen LogP contribution in [-0.2, 0) is 32.9 Å². The molecule has 6 nitrogen and oxygen atoms in total. The summed E-state index contributed by atoms with van der Waals surface area (Å²) in [5.74, 6) is 0. The molecule has 0 saturated carbocycles. The van der Waals surface area contributed by atoms with Crippen molar-refractivity contribution in [2.75, 3.05) is 6.54 Å². The molecular weight excluding hydrogens is 460 g/mol. The molecule has 0 aliphatic heterocycles. The van der Waals surface area contributed by atoms with Gasteiger partial charge in [-0.15, -0.1) is 11.3 Å². The summed E-state index contributed by atoms with van der Waals surface area (Å²) in [7, 11) is -7.11. The van der Waals surface area contributed by atoms with Crippen LogP contribution in [0.2, 0.25) is 0 Å². The molecule has 2 aromatic rings. The number of benzene rings is 1. The highest BCUT2D eigenvalue weighted by Crippen LogP contribution is 2.29. The Bertz CT molecular complexity index is 1020. The van der Waals surface area contributed by atoms with Gasteiger partial charge in [0, 0.05) is 12.6 Å². The summed E-state index contributed by atoms with van der Waals surface area (Å²) in [5.41, 5.74) is 1.84. The van der Waals surface area contributed by atoms with Crippen LogP contribution in [0.1, 0.15) is 24.5 Å². The molecule has 1 unspecified atom stereocenters. The molecule has 142 valence electrons. The van der Waals surface area contributed by atoms with Crippen LogP contribution in [0.25, 0.3) is 0 Å². The largest absolute Gasteiger partial charge is 0.250 e. The van der Waals surface area contributed by atoms with Crippen LogP contribution in [-0.4, -0.2) is 29.4 Å². The normalized spacial score (nSPS) is 17.4. The number of rotatable bonds is 7. The molecule has 0 radical (unpaired) electrons. The van der Waals surface area contributed by atoms with E-state index >= 15 is 0 Å². The van der Waals surface area contributed by atoms with Crippen LogP contribution in [0.4, 0.5) is 0 Å². The minimum atomic E-state index is -3.58. The fraction of sp³-hybridized carbons (Fsp3) is 0.375. The van der Waals surface area contributed by atoms with Gasteiger partial charge in [-0.2, -0.15) is 0 Å². The fourth-order valence-electron chi connectivity index (χ4n) is 2.88. The van der Waals surface area contributed by atoms with Crippen molar-refractivity contribution in [2.45, 2.75) is 41.3 Å². The van der Waals surface area contributed by atoms with Crippen LogP contribution in [0.3, 0.4) is 0 Å². The number of hydrogen-bond acceptors (Lipinski definition) is 5. The molecule has 1 aliphatic carbocycles. The number of nitrogens with one attached hydrogen (secondary N) is 2. The summed E-state index contributed by atoms with van der Waals surface area (Å²) in [4.78, 5) is 0.218. The Labute approximate surface area is 166 Å². The summed E-state index contributed by atoms with van der Waals surface area (Å²) in [6.45, 7) is 2.28. The first-order chi connectivity index (χ1) is 12.2. The number of hydrogen-bond donors (Lipinski definition) is 2. The Morgan fingerprint density at radius 1 is 1.08 bits per heavy atom. The summed E-state index contributed by atoms with van der Waals surface area (Å²) >= 11 is 4.42. The summed E-state index contributed by atoms with van der Waals surface area (Å²) < 4.78 is 55.7. The van der Waals surface area contributed by atoms with E-state index in [4.69, 9.17) is 0 Å². The first-order valence-electron chi connectivity index (χ1n) is 8.10. The highest BCUT2D eigenvalue weighted by molar-refractivity contribution is 9.11. The van der Waals surface area contributed by atoms with Gasteiger partial charge in [0.2, 0.25) is 20.0 Å². The third-order valence-electron chi connectivity index (χ3n) is 4.10. The van der Waals surface area contributed by atoms with Gasteiger partial charge < -0.3 is 0 Å². The number of fused-ring (bicyclic) bond motifs is 1. The lowest BCUT2D eigenvalue weighted by Gasteiger charge is -2.11. The molecule has 1 aromatic heterocycles. The molecule has 1 atom stereocenters. The second-order valence-corrected chi connectivity index (χ2v) is 12.3. The zero-order chi connectivity index (χ0) is 18.9. The fourth-order valence-corrected chi connectivity index (χ4v) is 7.33. The monoisotopic (exact) mass is 478 g/mol. The van der Waals surface area contributed by atoms with E-state index in [9.17, 15) is 16.8 Å². The predicted octanol–water partition coefficient (Wildman–Crippen LogP) is 2.64. The molecular formula is C16H19BrN2O4S3. The predicted molar refractivity (Wildman–Crippen MR) is 105 cm³/mol. The molecule has 3 rings (SSSR count). The molecule has 0 fully saturated rings. The minimum Gasteiger partial charge on any atom is -0.211 e. The van der Waals surface area contributed by atoms with Crippen molar-refractivity contribution in [1.29, 1.82) is 0 Å². The maximum Gasteiger partial charge on any atom is 0.250 e. The Kier molecular flexibility index (Phi) is 5.90. The van der Waals surface area contributed by atoms with Gasteiger partial charge in [-0.25, -0.2) is 26.3 Å². The molecule has 0 saturated heterocycles. The molecule has 0 spiro atoms. The molecule has 1 aromatic carbocycles. The third kappa shape index (κ3) is 4.37. The molecule has 0 bridgehead atoms. The van der Waals surface area contributed by atoms with Gasteiger partial charge in [0.15, 0.2) is 0 Å². The quantitative estimate of drug-likeness (QED) is 0.639. The van der Waals surface area contributed by atoms with E-state index in [-0.39, 0.29) is 15.1 Å². The molecule has 0 amide bonds. The second-order valence-electron chi connectivity index (χ2n) is 6.11. The maximum absolute atomic E-state index is 12.5. The second kappa shape index (κ2) is 7.69. The van der Waals surface area contributed by atoms with Gasteiger partial charge in [0.1, 0.15) is 4.21 Å². The van der Waals surface area contributed by atoms with Crippen LogP contribution >= 0.6 is 27.3 Å². The van der Waals surface area contributed by atoms with E-state index in [2.05, 4.69) is 25.4 Å². The molecule has 1 aliphatic rings. The van der Waals surface area contributed by atoms with Gasteiger partial charge >= 0.3 is 0 Å². The van der Waals surface area contributed by atoms with Crippen molar-refractivity contribution in [2.24, 2.45) is 0 Å². The molecule has 2 N–H and O–H groups in total. The summed E-state index contributed by atoms with van der Waals surface area (Å²) in [6.07, 6.45) is 1.73. The van der Waals surface area contributed by atoms with Crippen molar-refractivity contribution >= 4 is 47.3 Å². The van der Waals surface area contributed by atoms with E-state index in [0.29, 0.717) is 25.8 Å². The zero-order valence-electron chi connectivity index (χ0n) is 14.0. The minimum absolute atomic E-state index is 0.218. The van der Waals surface area contributed by atoms with Gasteiger partial charge in [-0.1, -0.05) is 13.0 Å².